The van der Waals surface area contributed by atoms with E-state index >= 15 is 0 Å². The quantitative estimate of drug-likeness (QED) is 0.158. The van der Waals surface area contributed by atoms with E-state index in [1.54, 1.807) is 0 Å². The maximum atomic E-state index is 2.61. The molecule has 2 nitrogen and oxygen atoms in total. The largest absolute Gasteiger partial charge is 0.334 e. The molecule has 0 heterocycles. The summed E-state index contributed by atoms with van der Waals surface area (Å²) in [7, 11) is 0. The molecule has 0 aromatic heterocycles. The Hall–Kier alpha value is -7.42. The lowest BCUT2D eigenvalue weighted by atomic mass is 9.77. The van der Waals surface area contributed by atoms with Gasteiger partial charge in [-0.1, -0.05) is 179 Å². The number of nitrogens with zero attached hydrogens (tertiary/aromatic N) is 2. The maximum absolute atomic E-state index is 2.61. The zero-order valence-corrected chi connectivity index (χ0v) is 36.9. The standard InChI is InChI=1S/C62H50N2/c1-61(2)55-26-16-15-25-52(55)53-35-33-49(39-56(53)61)63(48-31-29-42(30-32-48)44-28-27-41-17-11-12-18-43(41)37-44)50-34-36-54-57(40-50)62(3,4)58-38-45-19-13-14-24-51(45)60(59(54)58)64(46-20-7-5-8-21-46)47-22-9-6-10-23-47/h5-38,40,49H,39H2,1-4H3. The van der Waals surface area contributed by atoms with Gasteiger partial charge in [0.1, 0.15) is 0 Å². The van der Waals surface area contributed by atoms with Crippen LogP contribution in [-0.4, -0.2) is 6.04 Å². The van der Waals surface area contributed by atoms with E-state index in [1.807, 2.05) is 0 Å². The van der Waals surface area contributed by atoms with Gasteiger partial charge in [0.2, 0.25) is 0 Å². The molecule has 0 fully saturated rings. The number of para-hydroxylation sites is 2. The van der Waals surface area contributed by atoms with E-state index < -0.39 is 0 Å². The lowest BCUT2D eigenvalue weighted by Crippen LogP contribution is -2.33. The van der Waals surface area contributed by atoms with Crippen LogP contribution in [0.2, 0.25) is 0 Å². The molecule has 0 saturated carbocycles. The van der Waals surface area contributed by atoms with Crippen molar-refractivity contribution in [1.29, 1.82) is 0 Å². The molecule has 9 aromatic carbocycles. The van der Waals surface area contributed by atoms with Crippen LogP contribution in [0.5, 0.6) is 0 Å². The zero-order chi connectivity index (χ0) is 43.2. The summed E-state index contributed by atoms with van der Waals surface area (Å²) in [6.45, 7) is 9.68. The minimum atomic E-state index is -0.267. The Bertz CT molecular complexity index is 3310. The van der Waals surface area contributed by atoms with Crippen molar-refractivity contribution in [2.45, 2.75) is 51.0 Å². The molecule has 12 rings (SSSR count). The van der Waals surface area contributed by atoms with Crippen molar-refractivity contribution in [3.8, 4) is 22.3 Å². The number of hydrogen-bond acceptors (Lipinski definition) is 2. The number of fused-ring (bicyclic) bond motifs is 7. The molecule has 0 spiro atoms. The Labute approximate surface area is 377 Å². The summed E-state index contributed by atoms with van der Waals surface area (Å²) in [4.78, 5) is 5.09. The molecule has 0 radical (unpaired) electrons. The van der Waals surface area contributed by atoms with E-state index in [9.17, 15) is 0 Å². The summed E-state index contributed by atoms with van der Waals surface area (Å²) >= 11 is 0. The lowest BCUT2D eigenvalue weighted by molar-refractivity contribution is 0.585. The molecule has 0 saturated heterocycles. The van der Waals surface area contributed by atoms with Gasteiger partial charge in [0, 0.05) is 44.5 Å². The second-order valence-electron chi connectivity index (χ2n) is 18.9. The van der Waals surface area contributed by atoms with Gasteiger partial charge in [-0.15, -0.1) is 0 Å². The molecule has 0 amide bonds. The summed E-state index contributed by atoms with van der Waals surface area (Å²) < 4.78 is 0. The summed E-state index contributed by atoms with van der Waals surface area (Å²) in [6, 6.07) is 74.3. The Morgan fingerprint density at radius 1 is 0.438 bits per heavy atom. The third-order valence-corrected chi connectivity index (χ3v) is 14.6. The average Bonchev–Trinajstić information content (AvgIpc) is 3.71. The summed E-state index contributed by atoms with van der Waals surface area (Å²) in [5, 5.41) is 5.01. The smallest absolute Gasteiger partial charge is 0.0621 e. The van der Waals surface area contributed by atoms with Crippen LogP contribution in [-0.2, 0) is 10.8 Å². The first-order valence-electron chi connectivity index (χ1n) is 22.8. The highest BCUT2D eigenvalue weighted by Gasteiger charge is 2.42. The van der Waals surface area contributed by atoms with E-state index in [1.165, 1.54) is 94.3 Å². The number of rotatable bonds is 7. The number of hydrogen-bond donors (Lipinski definition) is 0. The number of benzene rings is 9. The molecule has 0 bridgehead atoms. The van der Waals surface area contributed by atoms with Crippen molar-refractivity contribution in [1.82, 2.24) is 0 Å². The van der Waals surface area contributed by atoms with Crippen molar-refractivity contribution in [2.75, 3.05) is 9.80 Å². The molecule has 308 valence electrons. The maximum Gasteiger partial charge on any atom is 0.0621 e. The third-order valence-electron chi connectivity index (χ3n) is 14.6. The van der Waals surface area contributed by atoms with Gasteiger partial charge in [-0.3, -0.25) is 0 Å². The molecule has 0 aliphatic heterocycles. The van der Waals surface area contributed by atoms with Gasteiger partial charge in [0.15, 0.2) is 0 Å². The highest BCUT2D eigenvalue weighted by molar-refractivity contribution is 6.10. The molecule has 9 aromatic rings. The molecule has 1 unspecified atom stereocenters. The van der Waals surface area contributed by atoms with Crippen molar-refractivity contribution in [3.05, 3.63) is 240 Å². The van der Waals surface area contributed by atoms with Crippen molar-refractivity contribution < 1.29 is 0 Å². The highest BCUT2D eigenvalue weighted by atomic mass is 15.2. The van der Waals surface area contributed by atoms with Gasteiger partial charge in [-0.25, -0.2) is 0 Å². The molecule has 0 N–H and O–H groups in total. The van der Waals surface area contributed by atoms with Gasteiger partial charge in [-0.05, 0) is 133 Å². The first-order chi connectivity index (χ1) is 31.3. The monoisotopic (exact) mass is 822 g/mol. The van der Waals surface area contributed by atoms with Gasteiger partial charge in [0.25, 0.3) is 0 Å². The third kappa shape index (κ3) is 5.93. The zero-order valence-electron chi connectivity index (χ0n) is 36.9. The van der Waals surface area contributed by atoms with Crippen LogP contribution in [0.1, 0.15) is 56.4 Å². The minimum absolute atomic E-state index is 0.0517. The van der Waals surface area contributed by atoms with E-state index in [-0.39, 0.29) is 16.9 Å². The first kappa shape index (κ1) is 38.3. The summed E-state index contributed by atoms with van der Waals surface area (Å²) in [5.74, 6) is 0. The Balaban J connectivity index is 1.02. The molecule has 3 aliphatic rings. The Morgan fingerprint density at radius 2 is 1.06 bits per heavy atom. The van der Waals surface area contributed by atoms with Crippen LogP contribution in [0.25, 0.3) is 49.4 Å². The van der Waals surface area contributed by atoms with E-state index in [0.29, 0.717) is 0 Å². The van der Waals surface area contributed by atoms with Crippen LogP contribution in [0.4, 0.5) is 28.4 Å². The minimum Gasteiger partial charge on any atom is -0.334 e. The average molecular weight is 823 g/mol. The predicted molar refractivity (Wildman–Crippen MR) is 272 cm³/mol. The normalized spacial score (nSPS) is 16.3. The molecular formula is C62H50N2. The molecular weight excluding hydrogens is 773 g/mol. The van der Waals surface area contributed by atoms with Crippen LogP contribution < -0.4 is 9.80 Å². The topological polar surface area (TPSA) is 6.48 Å². The highest BCUT2D eigenvalue weighted by Crippen LogP contribution is 2.58. The number of anilines is 5. The van der Waals surface area contributed by atoms with Crippen molar-refractivity contribution in [2.24, 2.45) is 0 Å². The van der Waals surface area contributed by atoms with Crippen LogP contribution in [0, 0.1) is 0 Å². The summed E-state index contributed by atoms with van der Waals surface area (Å²) in [5.41, 5.74) is 19.1. The lowest BCUT2D eigenvalue weighted by Gasteiger charge is -2.37. The first-order valence-corrected chi connectivity index (χ1v) is 22.8. The molecule has 2 heteroatoms. The molecule has 3 aliphatic carbocycles. The second-order valence-corrected chi connectivity index (χ2v) is 18.9. The van der Waals surface area contributed by atoms with Crippen LogP contribution in [0.15, 0.2) is 218 Å². The Morgan fingerprint density at radius 3 is 1.81 bits per heavy atom. The Kier molecular flexibility index (Phi) is 8.72. The summed E-state index contributed by atoms with van der Waals surface area (Å²) in [6.07, 6.45) is 5.82. The van der Waals surface area contributed by atoms with Gasteiger partial charge in [0.05, 0.1) is 11.7 Å². The van der Waals surface area contributed by atoms with E-state index in [4.69, 9.17) is 0 Å². The van der Waals surface area contributed by atoms with Gasteiger partial charge < -0.3 is 9.80 Å². The van der Waals surface area contributed by atoms with Gasteiger partial charge in [-0.2, -0.15) is 0 Å². The molecule has 64 heavy (non-hydrogen) atoms. The fraction of sp³-hybridized carbons (Fsp3) is 0.129. The predicted octanol–water partition coefficient (Wildman–Crippen LogP) is 16.6. The van der Waals surface area contributed by atoms with Crippen molar-refractivity contribution in [3.63, 3.8) is 0 Å². The molecule has 1 atom stereocenters. The number of allylic oxidation sites excluding steroid dienone is 2. The fourth-order valence-corrected chi connectivity index (χ4v) is 11.3. The van der Waals surface area contributed by atoms with Crippen LogP contribution >= 0.6 is 0 Å². The fourth-order valence-electron chi connectivity index (χ4n) is 11.3. The second kappa shape index (κ2) is 14.6. The van der Waals surface area contributed by atoms with Gasteiger partial charge >= 0.3 is 0 Å². The SMILES string of the molecule is CC1(C)C2=C(C=CC(N(c3ccc(-c4ccc5ccccc5c4)cc3)c3ccc4c(c3)C(C)(C)c3cc5ccccc5c(N(c5ccccc5)c5ccccc5)c3-4)C2)c2ccccc21. The van der Waals surface area contributed by atoms with Crippen LogP contribution in [0.3, 0.4) is 0 Å². The van der Waals surface area contributed by atoms with E-state index in [2.05, 4.69) is 250 Å². The van der Waals surface area contributed by atoms with Crippen molar-refractivity contribution >= 4 is 55.6 Å². The van der Waals surface area contributed by atoms with E-state index in [0.717, 1.165) is 17.8 Å².